The Kier molecular flexibility index (Phi) is 4.85. The molecule has 2 aromatic carbocycles. The summed E-state index contributed by atoms with van der Waals surface area (Å²) in [6.07, 6.45) is 1.66. The maximum Gasteiger partial charge on any atom is 0.262 e. The van der Waals surface area contributed by atoms with Crippen molar-refractivity contribution < 1.29 is 16.8 Å². The van der Waals surface area contributed by atoms with Gasteiger partial charge in [0.1, 0.15) is 0 Å². The zero-order chi connectivity index (χ0) is 19.1. The molecule has 1 saturated carbocycles. The second-order valence-corrected chi connectivity index (χ2v) is 10.1. The Morgan fingerprint density at radius 1 is 0.885 bits per heavy atom. The summed E-state index contributed by atoms with van der Waals surface area (Å²) in [4.78, 5) is 0.259. The smallest absolute Gasteiger partial charge is 0.262 e. The van der Waals surface area contributed by atoms with Gasteiger partial charge in [0.2, 0.25) is 10.0 Å². The zero-order valence-electron chi connectivity index (χ0n) is 14.9. The number of rotatable bonds is 6. The van der Waals surface area contributed by atoms with Crippen LogP contribution < -0.4 is 9.44 Å². The summed E-state index contributed by atoms with van der Waals surface area (Å²) in [5.74, 6) is 0. The van der Waals surface area contributed by atoms with Gasteiger partial charge in [-0.1, -0.05) is 23.8 Å². The van der Waals surface area contributed by atoms with Crippen molar-refractivity contribution in [1.82, 2.24) is 4.72 Å². The topological polar surface area (TPSA) is 92.3 Å². The summed E-state index contributed by atoms with van der Waals surface area (Å²) >= 11 is 0. The molecule has 2 N–H and O–H groups in total. The van der Waals surface area contributed by atoms with Crippen molar-refractivity contribution in [1.29, 1.82) is 0 Å². The first-order valence-corrected chi connectivity index (χ1v) is 11.3. The summed E-state index contributed by atoms with van der Waals surface area (Å²) in [6, 6.07) is 9.44. The summed E-state index contributed by atoms with van der Waals surface area (Å²) in [5, 5.41) is 0. The minimum absolute atomic E-state index is 0.0156. The molecule has 0 aliphatic heterocycles. The van der Waals surface area contributed by atoms with Crippen LogP contribution in [-0.2, 0) is 20.0 Å². The van der Waals surface area contributed by atoms with Crippen molar-refractivity contribution >= 4 is 25.7 Å². The summed E-state index contributed by atoms with van der Waals surface area (Å²) in [5.41, 5.74) is 2.49. The summed E-state index contributed by atoms with van der Waals surface area (Å²) < 4.78 is 55.4. The number of nitrogens with one attached hydrogen (secondary N) is 2. The molecule has 2 aromatic rings. The second-order valence-electron chi connectivity index (χ2n) is 6.76. The van der Waals surface area contributed by atoms with E-state index in [1.54, 1.807) is 13.8 Å². The van der Waals surface area contributed by atoms with Crippen LogP contribution in [0.1, 0.15) is 29.5 Å². The molecule has 1 aliphatic carbocycles. The van der Waals surface area contributed by atoms with Crippen LogP contribution in [0.25, 0.3) is 0 Å². The highest BCUT2D eigenvalue weighted by atomic mass is 32.2. The van der Waals surface area contributed by atoms with Crippen LogP contribution in [0.15, 0.2) is 46.2 Å². The highest BCUT2D eigenvalue weighted by molar-refractivity contribution is 7.92. The number of sulfonamides is 2. The second kappa shape index (κ2) is 6.68. The normalized spacial score (nSPS) is 15.0. The van der Waals surface area contributed by atoms with Gasteiger partial charge in [-0.2, -0.15) is 0 Å². The maximum atomic E-state index is 12.8. The molecule has 0 unspecified atom stereocenters. The maximum absolute atomic E-state index is 12.8. The standard InChI is InChI=1S/C18H22N2O4S2/c1-12-9-13(2)18(14(3)10-12)26(23,24)20-16-5-4-6-17(11-16)25(21,22)19-15-7-8-15/h4-6,9-11,15,19-20H,7-8H2,1-3H3. The van der Waals surface area contributed by atoms with Crippen molar-refractivity contribution in [2.45, 2.75) is 49.4 Å². The van der Waals surface area contributed by atoms with Crippen molar-refractivity contribution in [2.75, 3.05) is 4.72 Å². The average molecular weight is 395 g/mol. The molecule has 0 aromatic heterocycles. The summed E-state index contributed by atoms with van der Waals surface area (Å²) in [6.45, 7) is 5.40. The molecule has 0 bridgehead atoms. The fourth-order valence-corrected chi connectivity index (χ4v) is 5.87. The van der Waals surface area contributed by atoms with E-state index in [0.29, 0.717) is 11.1 Å². The number of hydrogen-bond donors (Lipinski definition) is 2. The van der Waals surface area contributed by atoms with Crippen molar-refractivity contribution in [2.24, 2.45) is 0 Å². The molecule has 3 rings (SSSR count). The van der Waals surface area contributed by atoms with E-state index in [0.717, 1.165) is 18.4 Å². The lowest BCUT2D eigenvalue weighted by atomic mass is 10.1. The fraction of sp³-hybridized carbons (Fsp3) is 0.333. The molecule has 140 valence electrons. The molecule has 8 heteroatoms. The first kappa shape index (κ1) is 18.9. The van der Waals surface area contributed by atoms with E-state index in [1.165, 1.54) is 24.3 Å². The number of hydrogen-bond acceptors (Lipinski definition) is 4. The lowest BCUT2D eigenvalue weighted by Crippen LogP contribution is -2.25. The van der Waals surface area contributed by atoms with E-state index in [9.17, 15) is 16.8 Å². The predicted octanol–water partition coefficient (Wildman–Crippen LogP) is 2.85. The minimum atomic E-state index is -3.83. The van der Waals surface area contributed by atoms with Gasteiger partial charge in [-0.3, -0.25) is 4.72 Å². The van der Waals surface area contributed by atoms with Crippen LogP contribution in [0.3, 0.4) is 0 Å². The number of aryl methyl sites for hydroxylation is 3. The van der Waals surface area contributed by atoms with Crippen molar-refractivity contribution in [3.63, 3.8) is 0 Å². The quantitative estimate of drug-likeness (QED) is 0.788. The molecular formula is C18H22N2O4S2. The van der Waals surface area contributed by atoms with E-state index in [4.69, 9.17) is 0 Å². The number of benzene rings is 2. The fourth-order valence-electron chi connectivity index (χ4n) is 3.01. The average Bonchev–Trinajstić information content (AvgIpc) is 3.28. The molecule has 0 atom stereocenters. The lowest BCUT2D eigenvalue weighted by molar-refractivity contribution is 0.580. The van der Waals surface area contributed by atoms with Crippen molar-refractivity contribution in [3.05, 3.63) is 53.1 Å². The first-order valence-electron chi connectivity index (χ1n) is 8.31. The Hall–Kier alpha value is -1.90. The van der Waals surface area contributed by atoms with Crippen LogP contribution in [-0.4, -0.2) is 22.9 Å². The molecule has 0 heterocycles. The number of anilines is 1. The Morgan fingerprint density at radius 2 is 1.50 bits per heavy atom. The van der Waals surface area contributed by atoms with Gasteiger partial charge >= 0.3 is 0 Å². The molecule has 0 saturated heterocycles. The van der Waals surface area contributed by atoms with Gasteiger partial charge in [-0.15, -0.1) is 0 Å². The lowest BCUT2D eigenvalue weighted by Gasteiger charge is -2.14. The van der Waals surface area contributed by atoms with E-state index < -0.39 is 20.0 Å². The van der Waals surface area contributed by atoms with Gasteiger partial charge in [-0.05, 0) is 62.9 Å². The zero-order valence-corrected chi connectivity index (χ0v) is 16.5. The van der Waals surface area contributed by atoms with Crippen LogP contribution in [0, 0.1) is 20.8 Å². The third-order valence-corrected chi connectivity index (χ3v) is 7.37. The highest BCUT2D eigenvalue weighted by Crippen LogP contribution is 2.26. The van der Waals surface area contributed by atoms with E-state index in [1.807, 2.05) is 19.1 Å². The van der Waals surface area contributed by atoms with Crippen molar-refractivity contribution in [3.8, 4) is 0 Å². The van der Waals surface area contributed by atoms with Gasteiger partial charge < -0.3 is 0 Å². The monoisotopic (exact) mass is 394 g/mol. The van der Waals surface area contributed by atoms with Gasteiger partial charge in [-0.25, -0.2) is 21.6 Å². The third kappa shape index (κ3) is 4.08. The van der Waals surface area contributed by atoms with Crippen LogP contribution in [0.5, 0.6) is 0 Å². The predicted molar refractivity (Wildman–Crippen MR) is 101 cm³/mol. The van der Waals surface area contributed by atoms with Gasteiger partial charge in [0.15, 0.2) is 0 Å². The van der Waals surface area contributed by atoms with E-state index >= 15 is 0 Å². The molecule has 1 fully saturated rings. The van der Waals surface area contributed by atoms with E-state index in [2.05, 4.69) is 9.44 Å². The van der Waals surface area contributed by atoms with E-state index in [-0.39, 0.29) is 21.5 Å². The van der Waals surface area contributed by atoms with Gasteiger partial charge in [0.25, 0.3) is 10.0 Å². The molecule has 26 heavy (non-hydrogen) atoms. The summed E-state index contributed by atoms with van der Waals surface area (Å²) in [7, 11) is -7.48. The Morgan fingerprint density at radius 3 is 2.08 bits per heavy atom. The molecular weight excluding hydrogens is 372 g/mol. The van der Waals surface area contributed by atoms with Gasteiger partial charge in [0.05, 0.1) is 15.5 Å². The van der Waals surface area contributed by atoms with Crippen LogP contribution in [0.2, 0.25) is 0 Å². The molecule has 0 spiro atoms. The molecule has 0 radical (unpaired) electrons. The van der Waals surface area contributed by atoms with Gasteiger partial charge in [0, 0.05) is 6.04 Å². The van der Waals surface area contributed by atoms with Crippen LogP contribution in [0.4, 0.5) is 5.69 Å². The Labute approximate surface area is 154 Å². The Balaban J connectivity index is 1.93. The first-order chi connectivity index (χ1) is 12.1. The minimum Gasteiger partial charge on any atom is -0.280 e. The van der Waals surface area contributed by atoms with Crippen LogP contribution >= 0.6 is 0 Å². The molecule has 1 aliphatic rings. The molecule has 0 amide bonds. The Bertz CT molecular complexity index is 1030. The third-order valence-electron chi connectivity index (χ3n) is 4.17. The largest absolute Gasteiger partial charge is 0.280 e. The molecule has 6 nitrogen and oxygen atoms in total. The SMILES string of the molecule is Cc1cc(C)c(S(=O)(=O)Nc2cccc(S(=O)(=O)NC3CC3)c2)c(C)c1. The highest BCUT2D eigenvalue weighted by Gasteiger charge is 2.28.